The van der Waals surface area contributed by atoms with E-state index in [1.54, 1.807) is 54.6 Å². The van der Waals surface area contributed by atoms with Crippen molar-refractivity contribution in [2.45, 2.75) is 63.7 Å². The molecular formula is C34H39N5O6. The minimum Gasteiger partial charge on any atom is -0.368 e. The molecule has 0 saturated carbocycles. The molecule has 0 aromatic heterocycles. The van der Waals surface area contributed by atoms with Crippen LogP contribution in [0.5, 0.6) is 0 Å². The van der Waals surface area contributed by atoms with Crippen LogP contribution < -0.4 is 27.0 Å². The zero-order valence-corrected chi connectivity index (χ0v) is 25.5. The molecule has 3 aromatic rings. The van der Waals surface area contributed by atoms with Gasteiger partial charge < -0.3 is 27.0 Å². The van der Waals surface area contributed by atoms with E-state index in [2.05, 4.69) is 21.3 Å². The van der Waals surface area contributed by atoms with Gasteiger partial charge in [0.05, 0.1) is 12.5 Å². The summed E-state index contributed by atoms with van der Waals surface area (Å²) in [5.41, 5.74) is 6.21. The van der Waals surface area contributed by atoms with E-state index in [-0.39, 0.29) is 25.2 Å². The van der Waals surface area contributed by atoms with E-state index in [4.69, 9.17) is 5.73 Å². The van der Waals surface area contributed by atoms with Gasteiger partial charge in [-0.05, 0) is 37.5 Å². The average molecular weight is 614 g/mol. The molecule has 3 unspecified atom stereocenters. The van der Waals surface area contributed by atoms with Crippen LogP contribution in [0.4, 0.5) is 0 Å². The molecule has 0 radical (unpaired) electrons. The minimum absolute atomic E-state index is 0.0217. The smallest absolute Gasteiger partial charge is 0.290 e. The molecule has 3 aromatic carbocycles. The highest BCUT2D eigenvalue weighted by Crippen LogP contribution is 2.09. The molecule has 11 nitrogen and oxygen atoms in total. The number of nitrogens with one attached hydrogen (secondary N) is 4. The van der Waals surface area contributed by atoms with E-state index >= 15 is 0 Å². The maximum atomic E-state index is 13.3. The molecule has 11 heteroatoms. The van der Waals surface area contributed by atoms with Crippen LogP contribution in [-0.4, -0.2) is 59.0 Å². The lowest BCUT2D eigenvalue weighted by Crippen LogP contribution is -2.60. The fourth-order valence-electron chi connectivity index (χ4n) is 4.41. The van der Waals surface area contributed by atoms with E-state index in [0.717, 1.165) is 11.1 Å². The fourth-order valence-corrected chi connectivity index (χ4v) is 4.41. The lowest BCUT2D eigenvalue weighted by molar-refractivity contribution is -0.141. The molecule has 0 spiro atoms. The Balaban J connectivity index is 1.71. The van der Waals surface area contributed by atoms with Crippen molar-refractivity contribution in [1.82, 2.24) is 21.3 Å². The zero-order valence-electron chi connectivity index (χ0n) is 25.5. The fraction of sp³-hybridized carbons (Fsp3) is 0.294. The lowest BCUT2D eigenvalue weighted by atomic mass is 10.0. The van der Waals surface area contributed by atoms with Gasteiger partial charge in [0, 0.05) is 12.8 Å². The molecule has 0 aliphatic rings. The Bertz CT molecular complexity index is 1500. The zero-order chi connectivity index (χ0) is 33.0. The van der Waals surface area contributed by atoms with Crippen molar-refractivity contribution in [1.29, 1.82) is 0 Å². The second kappa shape index (κ2) is 15.9. The van der Waals surface area contributed by atoms with Crippen LogP contribution in [0.3, 0.4) is 0 Å². The second-order valence-electron chi connectivity index (χ2n) is 11.3. The summed E-state index contributed by atoms with van der Waals surface area (Å²) in [6.07, 6.45) is 0.219. The first kappa shape index (κ1) is 34.2. The number of carbonyl (C=O) groups excluding carboxylic acids is 6. The van der Waals surface area contributed by atoms with E-state index in [1.807, 2.05) is 36.4 Å². The summed E-state index contributed by atoms with van der Waals surface area (Å²) in [5, 5.41) is 10.2. The number of rotatable bonds is 15. The summed E-state index contributed by atoms with van der Waals surface area (Å²) in [6, 6.07) is 23.3. The summed E-state index contributed by atoms with van der Waals surface area (Å²) < 4.78 is 0. The van der Waals surface area contributed by atoms with Gasteiger partial charge in [0.15, 0.2) is 0 Å². The number of benzene rings is 3. The molecule has 0 heterocycles. The normalized spacial score (nSPS) is 13.0. The third-order valence-corrected chi connectivity index (χ3v) is 7.07. The minimum atomic E-state index is -1.42. The first-order chi connectivity index (χ1) is 21.4. The topological polar surface area (TPSA) is 177 Å². The van der Waals surface area contributed by atoms with Crippen LogP contribution in [0.2, 0.25) is 0 Å². The van der Waals surface area contributed by atoms with Gasteiger partial charge in [0.1, 0.15) is 17.6 Å². The summed E-state index contributed by atoms with van der Waals surface area (Å²) >= 11 is 0. The molecule has 6 N–H and O–H groups in total. The molecule has 3 atom stereocenters. The van der Waals surface area contributed by atoms with E-state index in [0.29, 0.717) is 5.56 Å². The number of hydrogen-bond acceptors (Lipinski definition) is 6. The predicted molar refractivity (Wildman–Crippen MR) is 168 cm³/mol. The molecule has 236 valence electrons. The molecule has 3 rings (SSSR count). The highest BCUT2D eigenvalue weighted by Gasteiger charge is 2.34. The van der Waals surface area contributed by atoms with Gasteiger partial charge in [-0.25, -0.2) is 0 Å². The van der Waals surface area contributed by atoms with Crippen molar-refractivity contribution in [3.05, 3.63) is 108 Å². The standard InChI is InChI=1S/C34H39N5O6/c1-22(29(41)32(44)38-27(20-24-15-9-5-10-16-24)31(43)39-34(2,3)33(35)45)36-30(42)26(19-23-13-7-4-8-14-23)37-28(40)21-25-17-11-6-12-18-25/h4-18,22,26-27H,19-21H2,1-3H3,(H2,35,45)(H,36,42)(H,37,40)(H,38,44)(H,39,43). The molecule has 5 amide bonds. The Labute approximate surface area is 262 Å². The molecule has 45 heavy (non-hydrogen) atoms. The number of nitrogens with two attached hydrogens (primary N) is 1. The number of amides is 5. The van der Waals surface area contributed by atoms with Gasteiger partial charge in [-0.2, -0.15) is 0 Å². The highest BCUT2D eigenvalue weighted by molar-refractivity contribution is 6.38. The van der Waals surface area contributed by atoms with E-state index in [9.17, 15) is 28.8 Å². The molecule has 0 saturated heterocycles. The van der Waals surface area contributed by atoms with Crippen LogP contribution >= 0.6 is 0 Å². The van der Waals surface area contributed by atoms with Crippen molar-refractivity contribution >= 4 is 35.3 Å². The molecule has 0 aliphatic carbocycles. The molecule has 0 fully saturated rings. The lowest BCUT2D eigenvalue weighted by Gasteiger charge is -2.26. The Morgan fingerprint density at radius 3 is 1.56 bits per heavy atom. The van der Waals surface area contributed by atoms with Gasteiger partial charge >= 0.3 is 0 Å². The van der Waals surface area contributed by atoms with Gasteiger partial charge in [0.25, 0.3) is 5.91 Å². The molecule has 0 aliphatic heterocycles. The number of hydrogen-bond donors (Lipinski definition) is 5. The summed E-state index contributed by atoms with van der Waals surface area (Å²) in [6.45, 7) is 4.18. The number of primary amides is 1. The van der Waals surface area contributed by atoms with Crippen molar-refractivity contribution in [3.8, 4) is 0 Å². The SMILES string of the molecule is CC(NC(=O)C(Cc1ccccc1)NC(=O)Cc1ccccc1)C(=O)C(=O)NC(Cc1ccccc1)C(=O)NC(C)(C)C(N)=O. The van der Waals surface area contributed by atoms with Crippen molar-refractivity contribution in [3.63, 3.8) is 0 Å². The van der Waals surface area contributed by atoms with Gasteiger partial charge in [-0.3, -0.25) is 28.8 Å². The Hall–Kier alpha value is -5.32. The first-order valence-electron chi connectivity index (χ1n) is 14.5. The Kier molecular flexibility index (Phi) is 12.1. The monoisotopic (exact) mass is 613 g/mol. The maximum absolute atomic E-state index is 13.3. The maximum Gasteiger partial charge on any atom is 0.290 e. The predicted octanol–water partition coefficient (Wildman–Crippen LogP) is 1.14. The highest BCUT2D eigenvalue weighted by atomic mass is 16.2. The third kappa shape index (κ3) is 10.7. The number of Topliss-reactive ketones (excluding diaryl/α,β-unsaturated/α-hetero) is 1. The Morgan fingerprint density at radius 1 is 0.644 bits per heavy atom. The second-order valence-corrected chi connectivity index (χ2v) is 11.3. The van der Waals surface area contributed by atoms with Crippen LogP contribution in [0.1, 0.15) is 37.5 Å². The average Bonchev–Trinajstić information content (AvgIpc) is 3.01. The van der Waals surface area contributed by atoms with Crippen LogP contribution in [0.15, 0.2) is 91.0 Å². The third-order valence-electron chi connectivity index (χ3n) is 7.07. The van der Waals surface area contributed by atoms with Crippen molar-refractivity contribution < 1.29 is 28.8 Å². The number of ketones is 1. The van der Waals surface area contributed by atoms with Crippen LogP contribution in [0.25, 0.3) is 0 Å². The van der Waals surface area contributed by atoms with Crippen LogP contribution in [-0.2, 0) is 48.0 Å². The van der Waals surface area contributed by atoms with E-state index < -0.39 is 53.1 Å². The van der Waals surface area contributed by atoms with E-state index in [1.165, 1.54) is 20.8 Å². The van der Waals surface area contributed by atoms with Gasteiger partial charge in [-0.1, -0.05) is 91.0 Å². The quantitative estimate of drug-likeness (QED) is 0.161. The van der Waals surface area contributed by atoms with Crippen LogP contribution in [0, 0.1) is 0 Å². The number of carbonyl (C=O) groups is 6. The molecule has 0 bridgehead atoms. The summed E-state index contributed by atoms with van der Waals surface area (Å²) in [7, 11) is 0. The largest absolute Gasteiger partial charge is 0.368 e. The Morgan fingerprint density at radius 2 is 1.09 bits per heavy atom. The molecular weight excluding hydrogens is 574 g/mol. The summed E-state index contributed by atoms with van der Waals surface area (Å²) in [5.74, 6) is -4.65. The summed E-state index contributed by atoms with van der Waals surface area (Å²) in [4.78, 5) is 77.2. The van der Waals surface area contributed by atoms with Crippen molar-refractivity contribution in [2.75, 3.05) is 0 Å². The first-order valence-corrected chi connectivity index (χ1v) is 14.5. The van der Waals surface area contributed by atoms with Gasteiger partial charge in [-0.15, -0.1) is 0 Å². The van der Waals surface area contributed by atoms with Gasteiger partial charge in [0.2, 0.25) is 29.4 Å². The van der Waals surface area contributed by atoms with Crippen molar-refractivity contribution in [2.24, 2.45) is 5.73 Å².